The normalized spacial score (nSPS) is 37.6. The van der Waals surface area contributed by atoms with Gasteiger partial charge >= 0.3 is 0 Å². The molecule has 1 aliphatic rings. The first kappa shape index (κ1) is 5.69. The van der Waals surface area contributed by atoms with Gasteiger partial charge in [-0.3, -0.25) is 0 Å². The summed E-state index contributed by atoms with van der Waals surface area (Å²) in [6, 6.07) is -0.231. The van der Waals surface area contributed by atoms with Crippen LogP contribution in [0.15, 0.2) is 0 Å². The molecule has 0 spiro atoms. The minimum Gasteiger partial charge on any atom is -0.305 e. The van der Waals surface area contributed by atoms with Crippen LogP contribution in [-0.2, 0) is 4.79 Å². The van der Waals surface area contributed by atoms with Gasteiger partial charge in [-0.1, -0.05) is 0 Å². The van der Waals surface area contributed by atoms with Gasteiger partial charge < -0.3 is 10.1 Å². The number of nitrogens with one attached hydrogen (secondary N) is 1. The molecule has 1 saturated heterocycles. The molecule has 0 amide bonds. The van der Waals surface area contributed by atoms with Crippen molar-refractivity contribution in [1.29, 1.82) is 0 Å². The summed E-state index contributed by atoms with van der Waals surface area (Å²) in [6.07, 6.45) is 0.286. The lowest BCUT2D eigenvalue weighted by Crippen LogP contribution is -2.22. The predicted molar refractivity (Wildman–Crippen MR) is 27.4 cm³/mol. The second-order valence-corrected chi connectivity index (χ2v) is 1.98. The lowest BCUT2D eigenvalue weighted by Gasteiger charge is -1.93. The van der Waals surface area contributed by atoms with E-state index in [2.05, 4.69) is 5.32 Å². The first-order valence-corrected chi connectivity index (χ1v) is 2.65. The van der Waals surface area contributed by atoms with E-state index in [0.717, 1.165) is 6.29 Å². The molecule has 0 aliphatic carbocycles. The van der Waals surface area contributed by atoms with Gasteiger partial charge in [-0.25, -0.2) is 4.39 Å². The molecule has 1 heterocycles. The molecule has 1 fully saturated rings. The zero-order chi connectivity index (χ0) is 5.98. The Hall–Kier alpha value is -0.440. The molecule has 0 saturated carbocycles. The van der Waals surface area contributed by atoms with Crippen molar-refractivity contribution in [2.24, 2.45) is 0 Å². The largest absolute Gasteiger partial charge is 0.305 e. The van der Waals surface area contributed by atoms with E-state index in [1.54, 1.807) is 0 Å². The van der Waals surface area contributed by atoms with Gasteiger partial charge in [0.25, 0.3) is 0 Å². The summed E-state index contributed by atoms with van der Waals surface area (Å²) in [5.41, 5.74) is 0. The van der Waals surface area contributed by atoms with Crippen molar-refractivity contribution in [3.63, 3.8) is 0 Å². The maximum atomic E-state index is 12.1. The highest BCUT2D eigenvalue weighted by Gasteiger charge is 2.21. The Morgan fingerprint density at radius 3 is 2.75 bits per heavy atom. The minimum absolute atomic E-state index is 0.231. The molecule has 1 N–H and O–H groups in total. The van der Waals surface area contributed by atoms with Gasteiger partial charge in [0.05, 0.1) is 6.04 Å². The maximum Gasteiger partial charge on any atom is 0.137 e. The fourth-order valence-electron chi connectivity index (χ4n) is 0.825. The van der Waals surface area contributed by atoms with Gasteiger partial charge in [-0.15, -0.1) is 0 Å². The highest BCUT2D eigenvalue weighted by molar-refractivity contribution is 5.58. The van der Waals surface area contributed by atoms with Crippen LogP contribution >= 0.6 is 0 Å². The molecule has 0 radical (unpaired) electrons. The number of halogens is 1. The van der Waals surface area contributed by atoms with Gasteiger partial charge in [0.2, 0.25) is 0 Å². The fourth-order valence-corrected chi connectivity index (χ4v) is 0.825. The molecule has 0 aromatic rings. The SMILES string of the molecule is O=C[C@H]1CC(F)CN1. The Labute approximate surface area is 47.1 Å². The number of carbonyl (C=O) groups is 1. The third kappa shape index (κ3) is 1.04. The van der Waals surface area contributed by atoms with Gasteiger partial charge in [-0.05, 0) is 0 Å². The highest BCUT2D eigenvalue weighted by atomic mass is 19.1. The molecule has 46 valence electrons. The summed E-state index contributed by atoms with van der Waals surface area (Å²) in [6.45, 7) is 0.337. The van der Waals surface area contributed by atoms with Crippen molar-refractivity contribution in [3.8, 4) is 0 Å². The van der Waals surface area contributed by atoms with Crippen LogP contribution in [0.4, 0.5) is 4.39 Å². The van der Waals surface area contributed by atoms with Crippen molar-refractivity contribution < 1.29 is 9.18 Å². The molecule has 1 rings (SSSR count). The number of hydrogen-bond acceptors (Lipinski definition) is 2. The first-order chi connectivity index (χ1) is 3.83. The van der Waals surface area contributed by atoms with Crippen LogP contribution in [-0.4, -0.2) is 25.0 Å². The van der Waals surface area contributed by atoms with Crippen molar-refractivity contribution in [3.05, 3.63) is 0 Å². The monoisotopic (exact) mass is 117 g/mol. The van der Waals surface area contributed by atoms with Crippen molar-refractivity contribution in [2.45, 2.75) is 18.6 Å². The average Bonchev–Trinajstić information content (AvgIpc) is 2.14. The van der Waals surface area contributed by atoms with E-state index < -0.39 is 6.17 Å². The number of carbonyl (C=O) groups excluding carboxylic acids is 1. The molecular formula is C5H8FNO. The standard InChI is InChI=1S/C5H8FNO/c6-4-1-5(3-8)7-2-4/h3-5,7H,1-2H2/t4?,5-/m1/s1. The molecule has 0 aromatic heterocycles. The van der Waals surface area contributed by atoms with Crippen molar-refractivity contribution in [1.82, 2.24) is 5.32 Å². The number of alkyl halides is 1. The minimum atomic E-state index is -0.815. The van der Waals surface area contributed by atoms with Crippen LogP contribution in [0.3, 0.4) is 0 Å². The molecule has 8 heavy (non-hydrogen) atoms. The van der Waals surface area contributed by atoms with E-state index in [0.29, 0.717) is 13.0 Å². The zero-order valence-electron chi connectivity index (χ0n) is 4.43. The van der Waals surface area contributed by atoms with E-state index in [9.17, 15) is 9.18 Å². The summed E-state index contributed by atoms with van der Waals surface area (Å²) in [7, 11) is 0. The Morgan fingerprint density at radius 2 is 2.50 bits per heavy atom. The number of aldehydes is 1. The Balaban J connectivity index is 2.32. The van der Waals surface area contributed by atoms with E-state index in [1.165, 1.54) is 0 Å². The van der Waals surface area contributed by atoms with Gasteiger partial charge in [0.1, 0.15) is 12.5 Å². The second kappa shape index (κ2) is 2.22. The van der Waals surface area contributed by atoms with Crippen molar-refractivity contribution >= 4 is 6.29 Å². The third-order valence-corrected chi connectivity index (χ3v) is 1.28. The summed E-state index contributed by atoms with van der Waals surface area (Å²) in [4.78, 5) is 9.92. The molecule has 2 atom stereocenters. The van der Waals surface area contributed by atoms with Gasteiger partial charge in [-0.2, -0.15) is 0 Å². The predicted octanol–water partition coefficient (Wildman–Crippen LogP) is -0.115. The molecule has 0 bridgehead atoms. The first-order valence-electron chi connectivity index (χ1n) is 2.65. The van der Waals surface area contributed by atoms with Crippen molar-refractivity contribution in [2.75, 3.05) is 6.54 Å². The van der Waals surface area contributed by atoms with E-state index in [4.69, 9.17) is 0 Å². The van der Waals surface area contributed by atoms with Crippen LogP contribution in [0.25, 0.3) is 0 Å². The third-order valence-electron chi connectivity index (χ3n) is 1.28. The summed E-state index contributed by atoms with van der Waals surface area (Å²) in [5.74, 6) is 0. The molecule has 3 heteroatoms. The summed E-state index contributed by atoms with van der Waals surface area (Å²) in [5, 5.41) is 2.71. The molecule has 0 aromatic carbocycles. The van der Waals surface area contributed by atoms with Crippen LogP contribution in [0, 0.1) is 0 Å². The van der Waals surface area contributed by atoms with Crippen LogP contribution < -0.4 is 5.32 Å². The summed E-state index contributed by atoms with van der Waals surface area (Å²) < 4.78 is 12.1. The van der Waals surface area contributed by atoms with Crippen LogP contribution in [0.1, 0.15) is 6.42 Å². The fraction of sp³-hybridized carbons (Fsp3) is 0.800. The number of rotatable bonds is 1. The highest BCUT2D eigenvalue weighted by Crippen LogP contribution is 2.06. The molecular weight excluding hydrogens is 109 g/mol. The molecule has 2 nitrogen and oxygen atoms in total. The lowest BCUT2D eigenvalue weighted by molar-refractivity contribution is -0.109. The Bertz CT molecular complexity index is 96.4. The zero-order valence-corrected chi connectivity index (χ0v) is 4.43. The van der Waals surface area contributed by atoms with Gasteiger partial charge in [0, 0.05) is 13.0 Å². The summed E-state index contributed by atoms with van der Waals surface area (Å²) >= 11 is 0. The topological polar surface area (TPSA) is 29.1 Å². The smallest absolute Gasteiger partial charge is 0.137 e. The van der Waals surface area contributed by atoms with E-state index in [-0.39, 0.29) is 6.04 Å². The molecule has 1 aliphatic heterocycles. The second-order valence-electron chi connectivity index (χ2n) is 1.98. The van der Waals surface area contributed by atoms with E-state index in [1.807, 2.05) is 0 Å². The Morgan fingerprint density at radius 1 is 1.75 bits per heavy atom. The van der Waals surface area contributed by atoms with Crippen LogP contribution in [0.2, 0.25) is 0 Å². The van der Waals surface area contributed by atoms with Gasteiger partial charge in [0.15, 0.2) is 0 Å². The quantitative estimate of drug-likeness (QED) is 0.485. The molecule has 1 unspecified atom stereocenters. The maximum absolute atomic E-state index is 12.1. The lowest BCUT2D eigenvalue weighted by atomic mass is 10.2. The van der Waals surface area contributed by atoms with E-state index >= 15 is 0 Å². The van der Waals surface area contributed by atoms with Crippen LogP contribution in [0.5, 0.6) is 0 Å². The average molecular weight is 117 g/mol. The Kier molecular flexibility index (Phi) is 1.58. The number of hydrogen-bond donors (Lipinski definition) is 1.